The van der Waals surface area contributed by atoms with E-state index in [-0.39, 0.29) is 29.6 Å². The molecule has 2 aliphatic rings. The SMILES string of the molecule is O=S1(=O)CC2NCCCC2(CO)C1. The van der Waals surface area contributed by atoms with E-state index in [9.17, 15) is 13.5 Å². The van der Waals surface area contributed by atoms with Crippen LogP contribution < -0.4 is 5.32 Å². The van der Waals surface area contributed by atoms with Crippen molar-refractivity contribution in [2.75, 3.05) is 24.7 Å². The van der Waals surface area contributed by atoms with Gasteiger partial charge in [-0.25, -0.2) is 8.42 Å². The molecule has 2 aliphatic heterocycles. The van der Waals surface area contributed by atoms with Crippen molar-refractivity contribution in [2.24, 2.45) is 5.41 Å². The lowest BCUT2D eigenvalue weighted by atomic mass is 9.77. The van der Waals surface area contributed by atoms with Crippen LogP contribution in [-0.2, 0) is 9.84 Å². The van der Waals surface area contributed by atoms with Crippen LogP contribution in [-0.4, -0.2) is 44.2 Å². The molecule has 5 heteroatoms. The number of sulfone groups is 1. The van der Waals surface area contributed by atoms with Crippen molar-refractivity contribution in [3.63, 3.8) is 0 Å². The molecule has 13 heavy (non-hydrogen) atoms. The molecule has 0 aromatic carbocycles. The highest BCUT2D eigenvalue weighted by atomic mass is 32.2. The van der Waals surface area contributed by atoms with Crippen molar-refractivity contribution >= 4 is 9.84 Å². The van der Waals surface area contributed by atoms with Gasteiger partial charge in [-0.15, -0.1) is 0 Å². The Morgan fingerprint density at radius 1 is 1.54 bits per heavy atom. The first kappa shape index (κ1) is 9.43. The number of hydrogen-bond donors (Lipinski definition) is 2. The standard InChI is InChI=1S/C8H15NO3S/c10-5-8-2-1-3-9-7(8)4-13(11,12)6-8/h7,9-10H,1-6H2. The maximum atomic E-state index is 11.4. The minimum Gasteiger partial charge on any atom is -0.396 e. The van der Waals surface area contributed by atoms with Crippen LogP contribution >= 0.6 is 0 Å². The predicted octanol–water partition coefficient (Wildman–Crippen LogP) is -0.854. The second-order valence-corrected chi connectivity index (χ2v) is 6.29. The van der Waals surface area contributed by atoms with E-state index in [1.54, 1.807) is 0 Å². The number of aliphatic hydroxyl groups excluding tert-OH is 1. The van der Waals surface area contributed by atoms with E-state index in [2.05, 4.69) is 5.32 Å². The van der Waals surface area contributed by atoms with Gasteiger partial charge >= 0.3 is 0 Å². The molecule has 0 saturated carbocycles. The summed E-state index contributed by atoms with van der Waals surface area (Å²) in [7, 11) is -2.92. The van der Waals surface area contributed by atoms with Gasteiger partial charge in [-0.3, -0.25) is 0 Å². The molecule has 4 nitrogen and oxygen atoms in total. The highest BCUT2D eigenvalue weighted by Crippen LogP contribution is 2.38. The molecule has 2 atom stereocenters. The fourth-order valence-corrected chi connectivity index (χ4v) is 4.91. The molecule has 2 N–H and O–H groups in total. The number of fused-ring (bicyclic) bond motifs is 1. The summed E-state index contributed by atoms with van der Waals surface area (Å²) >= 11 is 0. The summed E-state index contributed by atoms with van der Waals surface area (Å²) in [4.78, 5) is 0. The van der Waals surface area contributed by atoms with Gasteiger partial charge < -0.3 is 10.4 Å². The van der Waals surface area contributed by atoms with E-state index in [4.69, 9.17) is 0 Å². The van der Waals surface area contributed by atoms with Crippen LogP contribution in [0.2, 0.25) is 0 Å². The zero-order valence-corrected chi connectivity index (χ0v) is 8.31. The van der Waals surface area contributed by atoms with Gasteiger partial charge in [0.25, 0.3) is 0 Å². The monoisotopic (exact) mass is 205 g/mol. The molecule has 2 saturated heterocycles. The van der Waals surface area contributed by atoms with Gasteiger partial charge in [0.2, 0.25) is 0 Å². The Kier molecular flexibility index (Phi) is 2.13. The van der Waals surface area contributed by atoms with Crippen LogP contribution in [0.1, 0.15) is 12.8 Å². The van der Waals surface area contributed by atoms with Gasteiger partial charge in [0.05, 0.1) is 18.1 Å². The van der Waals surface area contributed by atoms with Gasteiger partial charge in [0.1, 0.15) is 0 Å². The van der Waals surface area contributed by atoms with Crippen LogP contribution in [0.4, 0.5) is 0 Å². The van der Waals surface area contributed by atoms with Crippen LogP contribution in [0.25, 0.3) is 0 Å². The Bertz CT molecular complexity index is 301. The van der Waals surface area contributed by atoms with Crippen molar-refractivity contribution in [2.45, 2.75) is 18.9 Å². The molecule has 0 aromatic heterocycles. The van der Waals surface area contributed by atoms with Crippen LogP contribution in [0.15, 0.2) is 0 Å². The Balaban J connectivity index is 2.29. The maximum absolute atomic E-state index is 11.4. The largest absolute Gasteiger partial charge is 0.396 e. The van der Waals surface area contributed by atoms with Gasteiger partial charge in [-0.2, -0.15) is 0 Å². The average molecular weight is 205 g/mol. The van der Waals surface area contributed by atoms with E-state index < -0.39 is 9.84 Å². The minimum absolute atomic E-state index is 0.0100. The molecule has 0 aromatic rings. The molecule has 0 amide bonds. The quantitative estimate of drug-likeness (QED) is 0.585. The summed E-state index contributed by atoms with van der Waals surface area (Å²) in [6, 6.07) is -0.0174. The third-order valence-electron chi connectivity index (χ3n) is 3.22. The topological polar surface area (TPSA) is 66.4 Å². The summed E-state index contributed by atoms with van der Waals surface area (Å²) in [5, 5.41) is 12.5. The number of rotatable bonds is 1. The van der Waals surface area contributed by atoms with Crippen molar-refractivity contribution in [1.82, 2.24) is 5.32 Å². The van der Waals surface area contributed by atoms with E-state index in [1.165, 1.54) is 0 Å². The fourth-order valence-electron chi connectivity index (χ4n) is 2.50. The highest BCUT2D eigenvalue weighted by Gasteiger charge is 2.50. The Morgan fingerprint density at radius 3 is 2.92 bits per heavy atom. The third kappa shape index (κ3) is 1.49. The molecule has 0 aliphatic carbocycles. The normalized spacial score (nSPS) is 43.0. The molecule has 76 valence electrons. The molecule has 2 unspecified atom stereocenters. The first-order valence-corrected chi connectivity index (χ1v) is 6.45. The smallest absolute Gasteiger partial charge is 0.152 e. The van der Waals surface area contributed by atoms with Gasteiger partial charge in [0, 0.05) is 11.5 Å². The number of hydrogen-bond acceptors (Lipinski definition) is 4. The predicted molar refractivity (Wildman–Crippen MR) is 49.2 cm³/mol. The molecular formula is C8H15NO3S. The van der Waals surface area contributed by atoms with E-state index in [1.807, 2.05) is 0 Å². The minimum atomic E-state index is -2.92. The van der Waals surface area contributed by atoms with Crippen LogP contribution in [0, 0.1) is 5.41 Å². The summed E-state index contributed by atoms with van der Waals surface area (Å²) in [5.41, 5.74) is -0.378. The van der Waals surface area contributed by atoms with Crippen molar-refractivity contribution in [3.8, 4) is 0 Å². The van der Waals surface area contributed by atoms with Crippen LogP contribution in [0.3, 0.4) is 0 Å². The Labute approximate surface area is 78.3 Å². The first-order chi connectivity index (χ1) is 6.08. The zero-order chi connectivity index (χ0) is 9.53. The Morgan fingerprint density at radius 2 is 2.31 bits per heavy atom. The lowest BCUT2D eigenvalue weighted by Crippen LogP contribution is -2.50. The molecule has 0 spiro atoms. The Hall–Kier alpha value is -0.130. The van der Waals surface area contributed by atoms with E-state index in [0.29, 0.717) is 0 Å². The third-order valence-corrected chi connectivity index (χ3v) is 5.08. The van der Waals surface area contributed by atoms with Gasteiger partial charge in [-0.05, 0) is 19.4 Å². The van der Waals surface area contributed by atoms with Crippen LogP contribution in [0.5, 0.6) is 0 Å². The van der Waals surface area contributed by atoms with Gasteiger partial charge in [0.15, 0.2) is 9.84 Å². The van der Waals surface area contributed by atoms with Gasteiger partial charge in [-0.1, -0.05) is 0 Å². The molecule has 2 fully saturated rings. The molecule has 0 bridgehead atoms. The number of piperidine rings is 1. The fraction of sp³-hybridized carbons (Fsp3) is 1.00. The molecule has 0 radical (unpaired) electrons. The van der Waals surface area contributed by atoms with Crippen molar-refractivity contribution in [1.29, 1.82) is 0 Å². The summed E-state index contributed by atoms with van der Waals surface area (Å²) in [6.07, 6.45) is 1.80. The van der Waals surface area contributed by atoms with E-state index >= 15 is 0 Å². The molecular weight excluding hydrogens is 190 g/mol. The average Bonchev–Trinajstić information content (AvgIpc) is 2.35. The summed E-state index contributed by atoms with van der Waals surface area (Å²) < 4.78 is 22.8. The first-order valence-electron chi connectivity index (χ1n) is 4.63. The molecule has 2 heterocycles. The second kappa shape index (κ2) is 2.93. The highest BCUT2D eigenvalue weighted by molar-refractivity contribution is 7.91. The molecule has 2 rings (SSSR count). The van der Waals surface area contributed by atoms with E-state index in [0.717, 1.165) is 19.4 Å². The van der Waals surface area contributed by atoms with Crippen molar-refractivity contribution in [3.05, 3.63) is 0 Å². The summed E-state index contributed by atoms with van der Waals surface area (Å²) in [5.74, 6) is 0.363. The zero-order valence-electron chi connectivity index (χ0n) is 7.49. The lowest BCUT2D eigenvalue weighted by Gasteiger charge is -2.37. The van der Waals surface area contributed by atoms with Crippen molar-refractivity contribution < 1.29 is 13.5 Å². The maximum Gasteiger partial charge on any atom is 0.152 e. The number of nitrogens with one attached hydrogen (secondary N) is 1. The summed E-state index contributed by atoms with van der Waals surface area (Å²) in [6.45, 7) is 0.867. The second-order valence-electron chi connectivity index (χ2n) is 4.19. The number of aliphatic hydroxyl groups is 1. The lowest BCUT2D eigenvalue weighted by molar-refractivity contribution is 0.0881.